The van der Waals surface area contributed by atoms with Gasteiger partial charge >= 0.3 is 0 Å². The van der Waals surface area contributed by atoms with Crippen molar-refractivity contribution in [3.63, 3.8) is 0 Å². The largest absolute Gasteiger partial charge is 0.315 e. The normalized spacial score (nSPS) is 16.1. The Hall–Kier alpha value is -0.0900. The van der Waals surface area contributed by atoms with Crippen molar-refractivity contribution in [2.45, 2.75) is 31.4 Å². The van der Waals surface area contributed by atoms with Crippen LogP contribution in [0.3, 0.4) is 0 Å². The molecule has 0 aliphatic heterocycles. The van der Waals surface area contributed by atoms with Gasteiger partial charge in [-0.2, -0.15) is 0 Å². The maximum Gasteiger partial charge on any atom is 0.167 e. The van der Waals surface area contributed by atoms with Crippen molar-refractivity contribution in [2.24, 2.45) is 5.73 Å². The van der Waals surface area contributed by atoms with E-state index in [0.29, 0.717) is 0 Å². The summed E-state index contributed by atoms with van der Waals surface area (Å²) in [6.07, 6.45) is 0. The van der Waals surface area contributed by atoms with E-state index in [1.165, 1.54) is 6.92 Å². The van der Waals surface area contributed by atoms with Crippen LogP contribution in [0.5, 0.6) is 0 Å². The van der Waals surface area contributed by atoms with Gasteiger partial charge in [0.05, 0.1) is 5.25 Å². The molecule has 2 N–H and O–H groups in total. The van der Waals surface area contributed by atoms with Crippen LogP contribution in [0, 0.1) is 0 Å². The zero-order valence-electron chi connectivity index (χ0n) is 5.96. The lowest BCUT2D eigenvalue weighted by Gasteiger charge is -2.09. The Morgan fingerprint density at radius 1 is 1.22 bits per heavy atom. The third kappa shape index (κ3) is 1.95. The van der Waals surface area contributed by atoms with Crippen LogP contribution in [0.15, 0.2) is 0 Å². The lowest BCUT2D eigenvalue weighted by atomic mass is 10.6. The summed E-state index contributed by atoms with van der Waals surface area (Å²) in [6.45, 7) is 4.73. The molecule has 0 aliphatic rings. The molecule has 0 radical (unpaired) electrons. The number of nitrogens with two attached hydrogens (primary N) is 1. The maximum atomic E-state index is 10.9. The van der Waals surface area contributed by atoms with Gasteiger partial charge in [-0.25, -0.2) is 8.42 Å². The quantitative estimate of drug-likeness (QED) is 0.609. The van der Waals surface area contributed by atoms with E-state index in [1.54, 1.807) is 13.8 Å². The smallest absolute Gasteiger partial charge is 0.167 e. The second-order valence-corrected chi connectivity index (χ2v) is 5.21. The van der Waals surface area contributed by atoms with Gasteiger partial charge in [0.1, 0.15) is 5.37 Å². The third-order valence-electron chi connectivity index (χ3n) is 1.18. The van der Waals surface area contributed by atoms with Gasteiger partial charge in [0.2, 0.25) is 0 Å². The first-order chi connectivity index (χ1) is 3.89. The third-order valence-corrected chi connectivity index (χ3v) is 3.53. The zero-order chi connectivity index (χ0) is 7.65. The Kier molecular flexibility index (Phi) is 2.64. The first kappa shape index (κ1) is 8.91. The first-order valence-electron chi connectivity index (χ1n) is 2.87. The second kappa shape index (κ2) is 2.66. The maximum absolute atomic E-state index is 10.9. The summed E-state index contributed by atoms with van der Waals surface area (Å²) >= 11 is 0. The fourth-order valence-corrected chi connectivity index (χ4v) is 1.29. The monoisotopic (exact) mass is 151 g/mol. The average Bonchev–Trinajstić information content (AvgIpc) is 1.65. The summed E-state index contributed by atoms with van der Waals surface area (Å²) < 4.78 is 21.8. The lowest BCUT2D eigenvalue weighted by molar-refractivity contribution is 0.576. The van der Waals surface area contributed by atoms with Gasteiger partial charge in [-0.1, -0.05) is 0 Å². The molecule has 0 aliphatic carbocycles. The highest BCUT2D eigenvalue weighted by Gasteiger charge is 2.20. The minimum Gasteiger partial charge on any atom is -0.315 e. The molecule has 0 aromatic heterocycles. The molecule has 9 heavy (non-hydrogen) atoms. The van der Waals surface area contributed by atoms with Crippen molar-refractivity contribution in [2.75, 3.05) is 0 Å². The highest BCUT2D eigenvalue weighted by molar-refractivity contribution is 7.92. The molecule has 0 aromatic rings. The molecule has 0 heterocycles. The van der Waals surface area contributed by atoms with E-state index < -0.39 is 15.2 Å². The van der Waals surface area contributed by atoms with Crippen molar-refractivity contribution < 1.29 is 8.42 Å². The Morgan fingerprint density at radius 2 is 1.56 bits per heavy atom. The summed E-state index contributed by atoms with van der Waals surface area (Å²) in [5.41, 5.74) is 5.18. The van der Waals surface area contributed by atoms with E-state index in [1.807, 2.05) is 0 Å². The molecule has 0 saturated heterocycles. The highest BCUT2D eigenvalue weighted by atomic mass is 32.2. The van der Waals surface area contributed by atoms with E-state index >= 15 is 0 Å². The van der Waals surface area contributed by atoms with E-state index in [0.717, 1.165) is 0 Å². The van der Waals surface area contributed by atoms with Crippen LogP contribution in [0.4, 0.5) is 0 Å². The van der Waals surface area contributed by atoms with Gasteiger partial charge in [-0.3, -0.25) is 0 Å². The van der Waals surface area contributed by atoms with E-state index in [4.69, 9.17) is 5.73 Å². The molecule has 0 rings (SSSR count). The molecule has 0 aromatic carbocycles. The van der Waals surface area contributed by atoms with Crippen molar-refractivity contribution >= 4 is 9.84 Å². The fourth-order valence-electron chi connectivity index (χ4n) is 0.429. The highest BCUT2D eigenvalue weighted by Crippen LogP contribution is 2.02. The fraction of sp³-hybridized carbons (Fsp3) is 1.00. The van der Waals surface area contributed by atoms with Crippen LogP contribution in [-0.4, -0.2) is 19.0 Å². The Labute approximate surface area is 56.2 Å². The van der Waals surface area contributed by atoms with Crippen LogP contribution in [0.2, 0.25) is 0 Å². The first-order valence-corrected chi connectivity index (χ1v) is 4.48. The Balaban J connectivity index is 4.42. The number of hydrogen-bond donors (Lipinski definition) is 1. The number of rotatable bonds is 2. The predicted molar refractivity (Wildman–Crippen MR) is 37.7 cm³/mol. The summed E-state index contributed by atoms with van der Waals surface area (Å²) in [5.74, 6) is 0. The van der Waals surface area contributed by atoms with Gasteiger partial charge in [0.15, 0.2) is 9.84 Å². The van der Waals surface area contributed by atoms with Crippen molar-refractivity contribution in [3.8, 4) is 0 Å². The van der Waals surface area contributed by atoms with E-state index in [-0.39, 0.29) is 5.25 Å². The molecule has 1 atom stereocenters. The zero-order valence-corrected chi connectivity index (χ0v) is 6.77. The number of hydrogen-bond acceptors (Lipinski definition) is 3. The summed E-state index contributed by atoms with van der Waals surface area (Å²) in [4.78, 5) is 0. The summed E-state index contributed by atoms with van der Waals surface area (Å²) in [5, 5.41) is -1.10. The minimum absolute atomic E-state index is 0.363. The SMILES string of the molecule is CC(C)S(=O)(=O)C(C)N. The molecule has 0 spiro atoms. The average molecular weight is 151 g/mol. The molecule has 0 saturated carbocycles. The molecular formula is C5H13NO2S. The Bertz CT molecular complexity index is 155. The molecule has 0 bridgehead atoms. The lowest BCUT2D eigenvalue weighted by Crippen LogP contribution is -2.32. The van der Waals surface area contributed by atoms with E-state index in [2.05, 4.69) is 0 Å². The molecule has 1 unspecified atom stereocenters. The predicted octanol–water partition coefficient (Wildman–Crippen LogP) is 0.114. The van der Waals surface area contributed by atoms with Gasteiger partial charge in [0, 0.05) is 0 Å². The molecule has 4 heteroatoms. The molecule has 56 valence electrons. The summed E-state index contributed by atoms with van der Waals surface area (Å²) in [6, 6.07) is 0. The molecule has 0 fully saturated rings. The topological polar surface area (TPSA) is 60.2 Å². The van der Waals surface area contributed by atoms with Crippen molar-refractivity contribution in [1.29, 1.82) is 0 Å². The molecular weight excluding hydrogens is 138 g/mol. The van der Waals surface area contributed by atoms with E-state index in [9.17, 15) is 8.42 Å². The minimum atomic E-state index is -3.04. The van der Waals surface area contributed by atoms with Crippen LogP contribution in [0.25, 0.3) is 0 Å². The standard InChI is InChI=1S/C5H13NO2S/c1-4(2)9(7,8)5(3)6/h4-5H,6H2,1-3H3. The van der Waals surface area contributed by atoms with Gasteiger partial charge in [-0.05, 0) is 20.8 Å². The van der Waals surface area contributed by atoms with Crippen LogP contribution in [0.1, 0.15) is 20.8 Å². The van der Waals surface area contributed by atoms with Crippen LogP contribution < -0.4 is 5.73 Å². The van der Waals surface area contributed by atoms with Gasteiger partial charge in [0.25, 0.3) is 0 Å². The van der Waals surface area contributed by atoms with Crippen LogP contribution >= 0.6 is 0 Å². The molecule has 0 amide bonds. The van der Waals surface area contributed by atoms with Crippen molar-refractivity contribution in [3.05, 3.63) is 0 Å². The number of sulfone groups is 1. The van der Waals surface area contributed by atoms with Crippen molar-refractivity contribution in [1.82, 2.24) is 0 Å². The molecule has 3 nitrogen and oxygen atoms in total. The van der Waals surface area contributed by atoms with Gasteiger partial charge in [-0.15, -0.1) is 0 Å². The Morgan fingerprint density at radius 3 is 1.56 bits per heavy atom. The van der Waals surface area contributed by atoms with Gasteiger partial charge < -0.3 is 5.73 Å². The van der Waals surface area contributed by atoms with Crippen LogP contribution in [-0.2, 0) is 9.84 Å². The second-order valence-electron chi connectivity index (χ2n) is 2.34. The summed E-state index contributed by atoms with van der Waals surface area (Å²) in [7, 11) is -3.04.